The van der Waals surface area contributed by atoms with Gasteiger partial charge in [-0.2, -0.15) is 0 Å². The quantitative estimate of drug-likeness (QED) is 0.167. The Morgan fingerprint density at radius 2 is 0.857 bits per heavy atom. The van der Waals surface area contributed by atoms with Crippen LogP contribution in [0.25, 0.3) is 142 Å². The van der Waals surface area contributed by atoms with Crippen LogP contribution < -0.4 is 0 Å². The minimum absolute atomic E-state index is 0.583. The Labute approximate surface area is 404 Å². The Morgan fingerprint density at radius 3 is 1.60 bits per heavy atom. The van der Waals surface area contributed by atoms with E-state index in [4.69, 9.17) is 19.4 Å². The third kappa shape index (κ3) is 5.95. The van der Waals surface area contributed by atoms with Crippen molar-refractivity contribution in [1.82, 2.24) is 24.1 Å². The van der Waals surface area contributed by atoms with Gasteiger partial charge in [0.05, 0.1) is 22.1 Å². The normalized spacial score (nSPS) is 12.0. The average molecular weight is 912 g/mol. The molecule has 0 atom stereocenters. The van der Waals surface area contributed by atoms with Gasteiger partial charge in [-0.3, -0.25) is 0 Å². The van der Waals surface area contributed by atoms with E-state index in [-0.39, 0.29) is 0 Å². The van der Waals surface area contributed by atoms with Crippen LogP contribution in [0.3, 0.4) is 0 Å². The van der Waals surface area contributed by atoms with Crippen molar-refractivity contribution in [2.24, 2.45) is 0 Å². The topological polar surface area (TPSA) is 61.7 Å². The first kappa shape index (κ1) is 38.9. The molecule has 0 fully saturated rings. The number of hydrogen-bond donors (Lipinski definition) is 0. The summed E-state index contributed by atoms with van der Waals surface area (Å²) >= 11 is 1.80. The monoisotopic (exact) mass is 911 g/mol. The van der Waals surface area contributed by atoms with E-state index >= 15 is 0 Å². The van der Waals surface area contributed by atoms with Crippen molar-refractivity contribution in [1.29, 1.82) is 0 Å². The van der Waals surface area contributed by atoms with Crippen molar-refractivity contribution < 1.29 is 4.42 Å². The number of hydrogen-bond acceptors (Lipinski definition) is 5. The van der Waals surface area contributed by atoms with Gasteiger partial charge in [-0.1, -0.05) is 140 Å². The molecule has 0 radical (unpaired) electrons. The summed E-state index contributed by atoms with van der Waals surface area (Å²) in [6, 6.07) is 79.7. The molecule has 15 aromatic rings. The molecular weight excluding hydrogens is 875 g/mol. The Bertz CT molecular complexity index is 4550. The first-order chi connectivity index (χ1) is 34.7. The Morgan fingerprint density at radius 1 is 0.314 bits per heavy atom. The van der Waals surface area contributed by atoms with Gasteiger partial charge in [-0.15, -0.1) is 11.3 Å². The molecule has 0 saturated heterocycles. The number of rotatable bonds is 6. The van der Waals surface area contributed by atoms with Crippen molar-refractivity contribution in [3.63, 3.8) is 0 Å². The van der Waals surface area contributed by atoms with Crippen LogP contribution in [0.1, 0.15) is 0 Å². The lowest BCUT2D eigenvalue weighted by atomic mass is 10.00. The molecule has 6 nitrogen and oxygen atoms in total. The third-order valence-corrected chi connectivity index (χ3v) is 15.1. The highest BCUT2D eigenvalue weighted by atomic mass is 32.1. The highest BCUT2D eigenvalue weighted by molar-refractivity contribution is 7.26. The summed E-state index contributed by atoms with van der Waals surface area (Å²) < 4.78 is 13.8. The Hall–Kier alpha value is -9.17. The van der Waals surface area contributed by atoms with Crippen LogP contribution in [0.2, 0.25) is 0 Å². The molecule has 0 aliphatic heterocycles. The molecule has 0 aliphatic rings. The molecule has 326 valence electrons. The maximum atomic E-state index is 6.72. The van der Waals surface area contributed by atoms with E-state index in [2.05, 4.69) is 215 Å². The largest absolute Gasteiger partial charge is 0.456 e. The van der Waals surface area contributed by atoms with Crippen LogP contribution in [0.15, 0.2) is 229 Å². The lowest BCUT2D eigenvalue weighted by molar-refractivity contribution is 0.668. The minimum Gasteiger partial charge on any atom is -0.456 e. The van der Waals surface area contributed by atoms with Gasteiger partial charge < -0.3 is 13.6 Å². The van der Waals surface area contributed by atoms with Gasteiger partial charge in [0.15, 0.2) is 17.5 Å². The molecule has 0 amide bonds. The lowest BCUT2D eigenvalue weighted by Crippen LogP contribution is -2.00. The molecule has 0 aliphatic carbocycles. The van der Waals surface area contributed by atoms with Gasteiger partial charge in [0.2, 0.25) is 0 Å². The van der Waals surface area contributed by atoms with Gasteiger partial charge >= 0.3 is 0 Å². The SMILES string of the molecule is c1ccc(-c2nc(-c3ccc4c(c3)oc3cc(-n5c6ccccc6c6ccccc65)ccc34)nc(-c3cccc4sc5cc(-c6ccc7c(c6)c6ccccc6n7-c6ccccc6)ccc5c34)n2)cc1. The summed E-state index contributed by atoms with van der Waals surface area (Å²) in [6.07, 6.45) is 0. The summed E-state index contributed by atoms with van der Waals surface area (Å²) in [4.78, 5) is 15.6. The van der Waals surface area contributed by atoms with Gasteiger partial charge in [0, 0.05) is 86.6 Å². The minimum atomic E-state index is 0.583. The number of para-hydroxylation sites is 4. The second-order valence-corrected chi connectivity index (χ2v) is 19.0. The molecule has 0 bridgehead atoms. The molecule has 5 heterocycles. The van der Waals surface area contributed by atoms with E-state index in [0.717, 1.165) is 66.4 Å². The zero-order valence-electron chi connectivity index (χ0n) is 37.4. The van der Waals surface area contributed by atoms with E-state index < -0.39 is 0 Å². The van der Waals surface area contributed by atoms with E-state index in [1.165, 1.54) is 58.5 Å². The van der Waals surface area contributed by atoms with Gasteiger partial charge in [0.1, 0.15) is 11.2 Å². The number of aromatic nitrogens is 5. The van der Waals surface area contributed by atoms with Crippen molar-refractivity contribution in [2.75, 3.05) is 0 Å². The van der Waals surface area contributed by atoms with Crippen LogP contribution in [0, 0.1) is 0 Å². The van der Waals surface area contributed by atoms with Gasteiger partial charge in [-0.25, -0.2) is 15.0 Å². The molecule has 0 saturated carbocycles. The fraction of sp³-hybridized carbons (Fsp3) is 0. The number of benzene rings is 10. The number of nitrogens with zero attached hydrogens (tertiary/aromatic N) is 5. The Kier molecular flexibility index (Phi) is 8.43. The zero-order valence-corrected chi connectivity index (χ0v) is 38.2. The molecule has 7 heteroatoms. The summed E-state index contributed by atoms with van der Waals surface area (Å²) in [7, 11) is 0. The second kappa shape index (κ2) is 15.2. The highest BCUT2D eigenvalue weighted by Gasteiger charge is 2.20. The highest BCUT2D eigenvalue weighted by Crippen LogP contribution is 2.43. The first-order valence-corrected chi connectivity index (χ1v) is 24.3. The lowest BCUT2D eigenvalue weighted by Gasteiger charge is -2.10. The average Bonchev–Trinajstić information content (AvgIpc) is 4.18. The van der Waals surface area contributed by atoms with Crippen molar-refractivity contribution >= 4 is 97.1 Å². The van der Waals surface area contributed by atoms with Gasteiger partial charge in [0.25, 0.3) is 0 Å². The fourth-order valence-corrected chi connectivity index (χ4v) is 12.0. The molecule has 0 unspecified atom stereocenters. The molecule has 5 aromatic heterocycles. The fourth-order valence-electron chi connectivity index (χ4n) is 10.8. The zero-order chi connectivity index (χ0) is 45.9. The summed E-state index contributed by atoms with van der Waals surface area (Å²) in [5.41, 5.74) is 13.6. The summed E-state index contributed by atoms with van der Waals surface area (Å²) in [5.74, 6) is 1.82. The smallest absolute Gasteiger partial charge is 0.164 e. The maximum absolute atomic E-state index is 6.72. The van der Waals surface area contributed by atoms with Crippen molar-refractivity contribution in [2.45, 2.75) is 0 Å². The van der Waals surface area contributed by atoms with E-state index in [9.17, 15) is 0 Å². The standard InChI is InChI=1S/C63H37N5OS/c1-3-14-38(15-4-1)61-64-62(41-27-30-47-48-32-29-43(37-57(48)69-56(47)35-41)68-52-22-10-7-18-44(52)45-19-8-11-23-53(45)68)66-63(65-61)50-21-13-25-58-60(50)49-31-26-40(36-59(49)70-58)39-28-33-55-51(34-39)46-20-9-12-24-54(46)67(55)42-16-5-2-6-17-42/h1-37H. The first-order valence-electron chi connectivity index (χ1n) is 23.5. The third-order valence-electron chi connectivity index (χ3n) is 14.0. The Balaban J connectivity index is 0.842. The molecule has 0 spiro atoms. The van der Waals surface area contributed by atoms with Crippen LogP contribution in [0.4, 0.5) is 0 Å². The van der Waals surface area contributed by atoms with Crippen molar-refractivity contribution in [3.05, 3.63) is 224 Å². The number of thiophene rings is 1. The van der Waals surface area contributed by atoms with Crippen LogP contribution >= 0.6 is 11.3 Å². The predicted octanol–water partition coefficient (Wildman–Crippen LogP) is 17.0. The molecule has 70 heavy (non-hydrogen) atoms. The van der Waals surface area contributed by atoms with Crippen LogP contribution in [-0.2, 0) is 0 Å². The number of furan rings is 1. The molecule has 0 N–H and O–H groups in total. The number of fused-ring (bicyclic) bond motifs is 12. The molecule has 10 aromatic carbocycles. The van der Waals surface area contributed by atoms with Crippen LogP contribution in [0.5, 0.6) is 0 Å². The van der Waals surface area contributed by atoms with Gasteiger partial charge in [-0.05, 0) is 90.0 Å². The second-order valence-electron chi connectivity index (χ2n) is 17.9. The summed E-state index contributed by atoms with van der Waals surface area (Å²) in [5, 5.41) is 9.34. The van der Waals surface area contributed by atoms with E-state index in [0.29, 0.717) is 17.5 Å². The maximum Gasteiger partial charge on any atom is 0.164 e. The van der Waals surface area contributed by atoms with Crippen LogP contribution in [-0.4, -0.2) is 24.1 Å². The van der Waals surface area contributed by atoms with Crippen molar-refractivity contribution in [3.8, 4) is 56.7 Å². The van der Waals surface area contributed by atoms with E-state index in [1.54, 1.807) is 11.3 Å². The molecule has 15 rings (SSSR count). The molecular formula is C63H37N5OS. The summed E-state index contributed by atoms with van der Waals surface area (Å²) in [6.45, 7) is 0. The van der Waals surface area contributed by atoms with E-state index in [1.807, 2.05) is 18.2 Å². The predicted molar refractivity (Wildman–Crippen MR) is 290 cm³/mol.